The Bertz CT molecular complexity index is 341. The van der Waals surface area contributed by atoms with Crippen LogP contribution in [0.25, 0.3) is 0 Å². The summed E-state index contributed by atoms with van der Waals surface area (Å²) < 4.78 is 28.9. The quantitative estimate of drug-likeness (QED) is 0.649. The highest BCUT2D eigenvalue weighted by Crippen LogP contribution is 2.14. The summed E-state index contributed by atoms with van der Waals surface area (Å²) in [5.74, 6) is -0.0382. The zero-order valence-corrected chi connectivity index (χ0v) is 11.6. The molecule has 0 spiro atoms. The van der Waals surface area contributed by atoms with Gasteiger partial charge in [0.2, 0.25) is 0 Å². The molecule has 0 saturated carbocycles. The van der Waals surface area contributed by atoms with Crippen LogP contribution in [0.5, 0.6) is 5.75 Å². The fourth-order valence-electron chi connectivity index (χ4n) is 1.62. The molecular weight excluding hydrogens is 249 g/mol. The van der Waals surface area contributed by atoms with Crippen molar-refractivity contribution < 1.29 is 18.6 Å². The smallest absolute Gasteiger partial charge is 0.165 e. The molecule has 1 aromatic rings. The molecule has 19 heavy (non-hydrogen) atoms. The summed E-state index contributed by atoms with van der Waals surface area (Å²) in [4.78, 5) is 2.16. The average molecular weight is 271 g/mol. The Morgan fingerprint density at radius 2 is 1.53 bits per heavy atom. The topological polar surface area (TPSA) is 30.9 Å². The van der Waals surface area contributed by atoms with E-state index >= 15 is 0 Å². The molecule has 0 unspecified atom stereocenters. The van der Waals surface area contributed by atoms with Gasteiger partial charge in [-0.15, -0.1) is 0 Å². The average Bonchev–Trinajstić information content (AvgIpc) is 2.43. The maximum Gasteiger partial charge on any atom is 0.165 e. The van der Waals surface area contributed by atoms with Gasteiger partial charge in [-0.05, 0) is 12.1 Å². The lowest BCUT2D eigenvalue weighted by atomic mass is 10.3. The first-order valence-corrected chi connectivity index (χ1v) is 6.35. The molecule has 0 atom stereocenters. The molecule has 0 radical (unpaired) electrons. The van der Waals surface area contributed by atoms with Crippen LogP contribution in [0.15, 0.2) is 24.3 Å². The highest BCUT2D eigenvalue weighted by molar-refractivity contribution is 5.23. The van der Waals surface area contributed by atoms with E-state index < -0.39 is 0 Å². The van der Waals surface area contributed by atoms with Gasteiger partial charge in [0, 0.05) is 33.9 Å². The van der Waals surface area contributed by atoms with Gasteiger partial charge in [-0.2, -0.15) is 0 Å². The van der Waals surface area contributed by atoms with E-state index in [1.807, 2.05) is 0 Å². The highest BCUT2D eigenvalue weighted by atomic mass is 19.1. The van der Waals surface area contributed by atoms with E-state index in [4.69, 9.17) is 14.2 Å². The first-order valence-electron chi connectivity index (χ1n) is 6.35. The Kier molecular flexibility index (Phi) is 8.13. The lowest BCUT2D eigenvalue weighted by molar-refractivity contribution is 0.103. The number of halogens is 1. The molecule has 108 valence electrons. The normalized spacial score (nSPS) is 10.9. The van der Waals surface area contributed by atoms with E-state index in [1.54, 1.807) is 32.4 Å². The van der Waals surface area contributed by atoms with Gasteiger partial charge < -0.3 is 14.2 Å². The lowest BCUT2D eigenvalue weighted by Crippen LogP contribution is -2.34. The van der Waals surface area contributed by atoms with Gasteiger partial charge in [0.25, 0.3) is 0 Å². The number of methoxy groups -OCH3 is 2. The number of benzene rings is 1. The van der Waals surface area contributed by atoms with Crippen molar-refractivity contribution in [3.63, 3.8) is 0 Å². The Balaban J connectivity index is 2.32. The van der Waals surface area contributed by atoms with E-state index in [9.17, 15) is 4.39 Å². The Hall–Kier alpha value is -1.17. The maximum atomic E-state index is 13.3. The number of hydrogen-bond acceptors (Lipinski definition) is 4. The number of ether oxygens (including phenoxy) is 3. The highest BCUT2D eigenvalue weighted by Gasteiger charge is 2.06. The van der Waals surface area contributed by atoms with Crippen LogP contribution in [0.2, 0.25) is 0 Å². The first kappa shape index (κ1) is 15.9. The van der Waals surface area contributed by atoms with Gasteiger partial charge in [-0.3, -0.25) is 4.90 Å². The minimum absolute atomic E-state index is 0.293. The summed E-state index contributed by atoms with van der Waals surface area (Å²) in [6.07, 6.45) is 0. The molecule has 0 heterocycles. The van der Waals surface area contributed by atoms with Crippen molar-refractivity contribution in [2.24, 2.45) is 0 Å². The molecule has 0 aliphatic rings. The number of nitrogens with zero attached hydrogens (tertiary/aromatic N) is 1. The molecule has 0 saturated heterocycles. The van der Waals surface area contributed by atoms with Crippen LogP contribution in [0.3, 0.4) is 0 Å². The van der Waals surface area contributed by atoms with Crippen LogP contribution < -0.4 is 4.74 Å². The van der Waals surface area contributed by atoms with E-state index in [2.05, 4.69) is 4.90 Å². The van der Waals surface area contributed by atoms with Crippen molar-refractivity contribution in [3.05, 3.63) is 30.1 Å². The van der Waals surface area contributed by atoms with E-state index in [1.165, 1.54) is 6.07 Å². The zero-order valence-electron chi connectivity index (χ0n) is 11.6. The summed E-state index contributed by atoms with van der Waals surface area (Å²) in [5, 5.41) is 0. The summed E-state index contributed by atoms with van der Waals surface area (Å²) in [6.45, 7) is 4.07. The molecule has 4 nitrogen and oxygen atoms in total. The van der Waals surface area contributed by atoms with Crippen molar-refractivity contribution in [1.29, 1.82) is 0 Å². The van der Waals surface area contributed by atoms with Crippen LogP contribution >= 0.6 is 0 Å². The monoisotopic (exact) mass is 271 g/mol. The minimum Gasteiger partial charge on any atom is -0.489 e. The second-order valence-electron chi connectivity index (χ2n) is 4.11. The fraction of sp³-hybridized carbons (Fsp3) is 0.571. The van der Waals surface area contributed by atoms with Crippen molar-refractivity contribution in [1.82, 2.24) is 4.90 Å². The molecule has 1 rings (SSSR count). The molecule has 0 fully saturated rings. The van der Waals surface area contributed by atoms with Gasteiger partial charge in [0.15, 0.2) is 11.6 Å². The molecule has 0 aromatic heterocycles. The van der Waals surface area contributed by atoms with Gasteiger partial charge in [0.05, 0.1) is 13.2 Å². The Morgan fingerprint density at radius 1 is 0.947 bits per heavy atom. The first-order chi connectivity index (χ1) is 9.27. The third kappa shape index (κ3) is 6.52. The summed E-state index contributed by atoms with van der Waals surface area (Å²) >= 11 is 0. The van der Waals surface area contributed by atoms with Crippen molar-refractivity contribution in [2.45, 2.75) is 0 Å². The van der Waals surface area contributed by atoms with Crippen molar-refractivity contribution in [3.8, 4) is 5.75 Å². The zero-order chi connectivity index (χ0) is 13.9. The van der Waals surface area contributed by atoms with Crippen molar-refractivity contribution >= 4 is 0 Å². The third-order valence-electron chi connectivity index (χ3n) is 2.73. The fourth-order valence-corrected chi connectivity index (χ4v) is 1.62. The second kappa shape index (κ2) is 9.72. The van der Waals surface area contributed by atoms with Crippen LogP contribution in [0.1, 0.15) is 0 Å². The number of para-hydroxylation sites is 1. The third-order valence-corrected chi connectivity index (χ3v) is 2.73. The van der Waals surface area contributed by atoms with E-state index in [-0.39, 0.29) is 5.82 Å². The molecular formula is C14H22FNO3. The standard InChI is InChI=1S/C14H22FNO3/c1-17-10-7-16(8-11-18-2)9-12-19-14-6-4-3-5-13(14)15/h3-6H,7-12H2,1-2H3. The Labute approximate surface area is 114 Å². The molecule has 0 amide bonds. The predicted molar refractivity (Wildman–Crippen MR) is 72.1 cm³/mol. The summed E-state index contributed by atoms with van der Waals surface area (Å²) in [5.41, 5.74) is 0. The van der Waals surface area contributed by atoms with E-state index in [0.29, 0.717) is 32.1 Å². The van der Waals surface area contributed by atoms with Gasteiger partial charge in [-0.25, -0.2) is 4.39 Å². The largest absolute Gasteiger partial charge is 0.489 e. The predicted octanol–water partition coefficient (Wildman–Crippen LogP) is 1.80. The lowest BCUT2D eigenvalue weighted by Gasteiger charge is -2.21. The van der Waals surface area contributed by atoms with Gasteiger partial charge in [0.1, 0.15) is 6.61 Å². The van der Waals surface area contributed by atoms with Crippen LogP contribution in [0.4, 0.5) is 4.39 Å². The summed E-state index contributed by atoms with van der Waals surface area (Å²) in [7, 11) is 3.34. The van der Waals surface area contributed by atoms with Crippen LogP contribution in [-0.4, -0.2) is 58.6 Å². The molecule has 0 N–H and O–H groups in total. The van der Waals surface area contributed by atoms with Gasteiger partial charge >= 0.3 is 0 Å². The van der Waals surface area contributed by atoms with Gasteiger partial charge in [-0.1, -0.05) is 12.1 Å². The maximum absolute atomic E-state index is 13.3. The Morgan fingerprint density at radius 3 is 2.11 bits per heavy atom. The molecule has 0 aliphatic heterocycles. The molecule has 5 heteroatoms. The van der Waals surface area contributed by atoms with Crippen LogP contribution in [-0.2, 0) is 9.47 Å². The van der Waals surface area contributed by atoms with Crippen molar-refractivity contribution in [2.75, 3.05) is 53.7 Å². The SMILES string of the molecule is COCCN(CCOC)CCOc1ccccc1F. The molecule has 0 aliphatic carbocycles. The number of hydrogen-bond donors (Lipinski definition) is 0. The minimum atomic E-state index is -0.331. The van der Waals surface area contributed by atoms with E-state index in [0.717, 1.165) is 13.1 Å². The second-order valence-corrected chi connectivity index (χ2v) is 4.11. The van der Waals surface area contributed by atoms with Crippen LogP contribution in [0, 0.1) is 5.82 Å². The molecule has 1 aromatic carbocycles. The summed E-state index contributed by atoms with van der Waals surface area (Å²) in [6, 6.07) is 6.42. The number of rotatable bonds is 10. The molecule has 0 bridgehead atoms.